The molecule has 6 heteroatoms. The predicted octanol–water partition coefficient (Wildman–Crippen LogP) is 1.83. The summed E-state index contributed by atoms with van der Waals surface area (Å²) in [5.41, 5.74) is 7.02. The van der Waals surface area contributed by atoms with Crippen LogP contribution in [0.3, 0.4) is 0 Å². The van der Waals surface area contributed by atoms with Crippen molar-refractivity contribution in [1.82, 2.24) is 10.3 Å². The summed E-state index contributed by atoms with van der Waals surface area (Å²) in [4.78, 5) is 19.1. The summed E-state index contributed by atoms with van der Waals surface area (Å²) in [6.45, 7) is 4.39. The van der Waals surface area contributed by atoms with Gasteiger partial charge in [0.25, 0.3) is 0 Å². The van der Waals surface area contributed by atoms with Crippen molar-refractivity contribution in [2.45, 2.75) is 45.1 Å². The number of morpholine rings is 1. The normalized spacial score (nSPS) is 20.3. The summed E-state index contributed by atoms with van der Waals surface area (Å²) in [7, 11) is 0. The second kappa shape index (κ2) is 8.63. The van der Waals surface area contributed by atoms with Crippen LogP contribution in [-0.2, 0) is 16.1 Å². The van der Waals surface area contributed by atoms with Gasteiger partial charge in [-0.05, 0) is 36.4 Å². The lowest BCUT2D eigenvalue weighted by Gasteiger charge is -2.35. The van der Waals surface area contributed by atoms with Crippen LogP contribution in [0.25, 0.3) is 0 Å². The van der Waals surface area contributed by atoms with Gasteiger partial charge < -0.3 is 20.7 Å². The maximum absolute atomic E-state index is 12.4. The van der Waals surface area contributed by atoms with Crippen molar-refractivity contribution in [3.8, 4) is 0 Å². The first-order chi connectivity index (χ1) is 12.2. The summed E-state index contributed by atoms with van der Waals surface area (Å²) in [6, 6.07) is 4.06. The van der Waals surface area contributed by atoms with E-state index in [2.05, 4.69) is 15.2 Å². The lowest BCUT2D eigenvalue weighted by Crippen LogP contribution is -2.38. The molecule has 1 aliphatic carbocycles. The topological polar surface area (TPSA) is 80.5 Å². The van der Waals surface area contributed by atoms with Crippen molar-refractivity contribution in [1.29, 1.82) is 0 Å². The van der Waals surface area contributed by atoms with Crippen molar-refractivity contribution in [2.24, 2.45) is 11.1 Å². The molecule has 0 radical (unpaired) electrons. The van der Waals surface area contributed by atoms with Crippen LogP contribution in [0.4, 0.5) is 5.82 Å². The summed E-state index contributed by atoms with van der Waals surface area (Å²) >= 11 is 0. The molecule has 1 saturated heterocycles. The zero-order valence-corrected chi connectivity index (χ0v) is 15.0. The van der Waals surface area contributed by atoms with E-state index in [-0.39, 0.29) is 11.3 Å². The van der Waals surface area contributed by atoms with E-state index >= 15 is 0 Å². The first-order valence-electron chi connectivity index (χ1n) is 9.45. The number of anilines is 1. The number of amides is 1. The SMILES string of the molecule is NCC1(CC(=O)NCc2ccc(N3CCOCC3)nc2)CCCCC1. The maximum atomic E-state index is 12.4. The number of carbonyl (C=O) groups is 1. The van der Waals surface area contributed by atoms with Crippen molar-refractivity contribution in [3.63, 3.8) is 0 Å². The Morgan fingerprint density at radius 2 is 2.00 bits per heavy atom. The van der Waals surface area contributed by atoms with Gasteiger partial charge >= 0.3 is 0 Å². The number of hydrogen-bond donors (Lipinski definition) is 2. The van der Waals surface area contributed by atoms with Gasteiger partial charge in [0.15, 0.2) is 0 Å². The van der Waals surface area contributed by atoms with Gasteiger partial charge in [0.1, 0.15) is 5.82 Å². The molecule has 1 amide bonds. The van der Waals surface area contributed by atoms with E-state index in [4.69, 9.17) is 10.5 Å². The highest BCUT2D eigenvalue weighted by molar-refractivity contribution is 5.76. The fourth-order valence-electron chi connectivity index (χ4n) is 3.86. The molecule has 1 aliphatic heterocycles. The van der Waals surface area contributed by atoms with Crippen LogP contribution in [0.5, 0.6) is 0 Å². The van der Waals surface area contributed by atoms with Gasteiger partial charge in [0, 0.05) is 32.3 Å². The van der Waals surface area contributed by atoms with E-state index in [1.54, 1.807) is 0 Å². The fourth-order valence-corrected chi connectivity index (χ4v) is 3.86. The molecule has 2 heterocycles. The zero-order chi connectivity index (χ0) is 17.5. The minimum Gasteiger partial charge on any atom is -0.378 e. The van der Waals surface area contributed by atoms with Gasteiger partial charge in [0.05, 0.1) is 13.2 Å². The number of carbonyl (C=O) groups excluding carboxylic acids is 1. The Hall–Kier alpha value is -1.66. The van der Waals surface area contributed by atoms with Crippen molar-refractivity contribution in [3.05, 3.63) is 23.9 Å². The highest BCUT2D eigenvalue weighted by atomic mass is 16.5. The second-order valence-electron chi connectivity index (χ2n) is 7.34. The molecule has 3 N–H and O–H groups in total. The predicted molar refractivity (Wildman–Crippen MR) is 98.3 cm³/mol. The molecule has 25 heavy (non-hydrogen) atoms. The van der Waals surface area contributed by atoms with Crippen LogP contribution >= 0.6 is 0 Å². The molecule has 1 aromatic heterocycles. The van der Waals surface area contributed by atoms with Gasteiger partial charge in [-0.25, -0.2) is 4.98 Å². The highest BCUT2D eigenvalue weighted by Gasteiger charge is 2.32. The summed E-state index contributed by atoms with van der Waals surface area (Å²) in [6.07, 6.45) is 8.20. The van der Waals surface area contributed by atoms with E-state index in [0.29, 0.717) is 19.5 Å². The largest absolute Gasteiger partial charge is 0.378 e. The molecule has 0 aromatic carbocycles. The van der Waals surface area contributed by atoms with Crippen LogP contribution in [0.2, 0.25) is 0 Å². The molecule has 0 atom stereocenters. The number of rotatable bonds is 6. The van der Waals surface area contributed by atoms with Gasteiger partial charge in [0.2, 0.25) is 5.91 Å². The lowest BCUT2D eigenvalue weighted by atomic mass is 9.71. The van der Waals surface area contributed by atoms with Gasteiger partial charge in [-0.15, -0.1) is 0 Å². The molecule has 138 valence electrons. The van der Waals surface area contributed by atoms with Crippen LogP contribution in [0.1, 0.15) is 44.1 Å². The smallest absolute Gasteiger partial charge is 0.220 e. The number of nitrogens with two attached hydrogens (primary N) is 1. The standard InChI is InChI=1S/C19H30N4O2/c20-15-19(6-2-1-3-7-19)12-18(24)22-14-16-4-5-17(21-13-16)23-8-10-25-11-9-23/h4-5,13H,1-3,6-12,14-15,20H2,(H,22,24). The van der Waals surface area contributed by atoms with Crippen LogP contribution in [0.15, 0.2) is 18.3 Å². The maximum Gasteiger partial charge on any atom is 0.220 e. The minimum atomic E-state index is 0.0147. The Balaban J connectivity index is 1.48. The Morgan fingerprint density at radius 1 is 1.24 bits per heavy atom. The van der Waals surface area contributed by atoms with Gasteiger partial charge in [-0.3, -0.25) is 4.79 Å². The van der Waals surface area contributed by atoms with E-state index < -0.39 is 0 Å². The average Bonchev–Trinajstić information content (AvgIpc) is 2.68. The number of nitrogens with one attached hydrogen (secondary N) is 1. The third-order valence-electron chi connectivity index (χ3n) is 5.52. The quantitative estimate of drug-likeness (QED) is 0.821. The lowest BCUT2D eigenvalue weighted by molar-refractivity contribution is -0.124. The fraction of sp³-hybridized carbons (Fsp3) is 0.684. The molecule has 6 nitrogen and oxygen atoms in total. The molecular weight excluding hydrogens is 316 g/mol. The number of aromatic nitrogens is 1. The number of ether oxygens (including phenoxy) is 1. The van der Waals surface area contributed by atoms with E-state index in [9.17, 15) is 4.79 Å². The summed E-state index contributed by atoms with van der Waals surface area (Å²) in [5, 5.41) is 3.04. The minimum absolute atomic E-state index is 0.0147. The molecule has 2 aliphatic rings. The van der Waals surface area contributed by atoms with Crippen molar-refractivity contribution >= 4 is 11.7 Å². The van der Waals surface area contributed by atoms with Crippen LogP contribution in [-0.4, -0.2) is 43.7 Å². The first-order valence-corrected chi connectivity index (χ1v) is 9.45. The molecule has 0 unspecified atom stereocenters. The molecule has 2 fully saturated rings. The Bertz CT molecular complexity index is 549. The van der Waals surface area contributed by atoms with Crippen LogP contribution < -0.4 is 16.0 Å². The Kier molecular flexibility index (Phi) is 6.26. The summed E-state index contributed by atoms with van der Waals surface area (Å²) in [5.74, 6) is 1.08. The number of pyridine rings is 1. The number of hydrogen-bond acceptors (Lipinski definition) is 5. The van der Waals surface area contributed by atoms with Gasteiger partial charge in [-0.2, -0.15) is 0 Å². The van der Waals surface area contributed by atoms with Crippen molar-refractivity contribution < 1.29 is 9.53 Å². The average molecular weight is 346 g/mol. The second-order valence-corrected chi connectivity index (χ2v) is 7.34. The zero-order valence-electron chi connectivity index (χ0n) is 15.0. The Morgan fingerprint density at radius 3 is 2.64 bits per heavy atom. The molecule has 1 aromatic rings. The van der Waals surface area contributed by atoms with Crippen molar-refractivity contribution in [2.75, 3.05) is 37.7 Å². The molecule has 0 bridgehead atoms. The third-order valence-corrected chi connectivity index (χ3v) is 5.52. The van der Waals surface area contributed by atoms with E-state index in [0.717, 1.165) is 50.5 Å². The highest BCUT2D eigenvalue weighted by Crippen LogP contribution is 2.38. The molecular formula is C19H30N4O2. The third kappa shape index (κ3) is 4.92. The number of nitrogens with zero attached hydrogens (tertiary/aromatic N) is 2. The van der Waals surface area contributed by atoms with Gasteiger partial charge in [-0.1, -0.05) is 25.3 Å². The summed E-state index contributed by atoms with van der Waals surface area (Å²) < 4.78 is 5.36. The molecule has 0 spiro atoms. The molecule has 3 rings (SSSR count). The van der Waals surface area contributed by atoms with E-state index in [1.165, 1.54) is 19.3 Å². The first kappa shape index (κ1) is 18.1. The van der Waals surface area contributed by atoms with Crippen LogP contribution in [0, 0.1) is 5.41 Å². The monoisotopic (exact) mass is 346 g/mol. The molecule has 1 saturated carbocycles. The Labute approximate surface area is 150 Å². The van der Waals surface area contributed by atoms with E-state index in [1.807, 2.05) is 18.3 Å².